The molecule has 0 saturated carbocycles. The fourth-order valence-corrected chi connectivity index (χ4v) is 4.56. The van der Waals surface area contributed by atoms with Gasteiger partial charge in [-0.2, -0.15) is 0 Å². The Labute approximate surface area is 223 Å². The molecule has 4 aromatic carbocycles. The first-order valence-electron chi connectivity index (χ1n) is 10.8. The summed E-state index contributed by atoms with van der Waals surface area (Å²) >= 11 is 24.6. The van der Waals surface area contributed by atoms with Gasteiger partial charge in [0.25, 0.3) is 0 Å². The van der Waals surface area contributed by atoms with Gasteiger partial charge >= 0.3 is 0 Å². The van der Waals surface area contributed by atoms with Crippen LogP contribution >= 0.6 is 46.4 Å². The normalized spacial score (nSPS) is 11.4. The number of halogens is 4. The average molecular weight is 540 g/mol. The molecule has 0 bridgehead atoms. The van der Waals surface area contributed by atoms with Crippen LogP contribution in [-0.2, 0) is 0 Å². The molecule has 35 heavy (non-hydrogen) atoms. The SMILES string of the molecule is Clc1ccc(C(c2ccc(Cl)cc2)c2nnc(C(c3ccc(Cl)cc3)c3ccc(Cl)cc3)o2)cc1. The third kappa shape index (κ3) is 5.39. The lowest BCUT2D eigenvalue weighted by Gasteiger charge is -2.16. The van der Waals surface area contributed by atoms with E-state index in [0.717, 1.165) is 22.3 Å². The van der Waals surface area contributed by atoms with Crippen molar-refractivity contribution < 1.29 is 4.42 Å². The van der Waals surface area contributed by atoms with E-state index in [1.165, 1.54) is 0 Å². The number of rotatable bonds is 6. The Hall–Kier alpha value is -2.82. The van der Waals surface area contributed by atoms with Crippen molar-refractivity contribution in [2.45, 2.75) is 11.8 Å². The highest BCUT2D eigenvalue weighted by atomic mass is 35.5. The molecular weight excluding hydrogens is 522 g/mol. The highest BCUT2D eigenvalue weighted by Crippen LogP contribution is 2.37. The maximum atomic E-state index is 6.39. The molecule has 174 valence electrons. The van der Waals surface area contributed by atoms with Gasteiger partial charge in [-0.05, 0) is 70.8 Å². The van der Waals surface area contributed by atoms with Crippen LogP contribution in [0.3, 0.4) is 0 Å². The molecular formula is C28H18Cl4N2O. The quantitative estimate of drug-likeness (QED) is 0.216. The Morgan fingerprint density at radius 2 is 0.629 bits per heavy atom. The van der Waals surface area contributed by atoms with Crippen molar-refractivity contribution in [3.63, 3.8) is 0 Å². The summed E-state index contributed by atoms with van der Waals surface area (Å²) < 4.78 is 6.39. The summed E-state index contributed by atoms with van der Waals surface area (Å²) in [5, 5.41) is 11.6. The molecule has 0 aliphatic heterocycles. The molecule has 0 N–H and O–H groups in total. The fraction of sp³-hybridized carbons (Fsp3) is 0.0714. The molecule has 5 rings (SSSR count). The molecule has 7 heteroatoms. The molecule has 0 aliphatic rings. The monoisotopic (exact) mass is 538 g/mol. The van der Waals surface area contributed by atoms with E-state index in [2.05, 4.69) is 10.2 Å². The summed E-state index contributed by atoms with van der Waals surface area (Å²) in [6.45, 7) is 0. The first-order chi connectivity index (χ1) is 17.0. The second-order valence-electron chi connectivity index (χ2n) is 8.05. The summed E-state index contributed by atoms with van der Waals surface area (Å²) in [6.07, 6.45) is 0. The second kappa shape index (κ2) is 10.4. The van der Waals surface area contributed by atoms with Crippen LogP contribution in [0.25, 0.3) is 0 Å². The number of benzene rings is 4. The van der Waals surface area contributed by atoms with Crippen LogP contribution in [0.5, 0.6) is 0 Å². The van der Waals surface area contributed by atoms with Crippen molar-refractivity contribution in [2.24, 2.45) is 0 Å². The van der Waals surface area contributed by atoms with Gasteiger partial charge in [-0.15, -0.1) is 10.2 Å². The molecule has 1 heterocycles. The van der Waals surface area contributed by atoms with E-state index in [9.17, 15) is 0 Å². The van der Waals surface area contributed by atoms with Gasteiger partial charge in [-0.3, -0.25) is 0 Å². The molecule has 0 radical (unpaired) electrons. The Morgan fingerprint density at radius 1 is 0.400 bits per heavy atom. The summed E-state index contributed by atoms with van der Waals surface area (Å²) in [5.41, 5.74) is 3.89. The molecule has 0 aliphatic carbocycles. The van der Waals surface area contributed by atoms with E-state index in [0.29, 0.717) is 31.9 Å². The van der Waals surface area contributed by atoms with Crippen LogP contribution in [0.1, 0.15) is 45.9 Å². The maximum absolute atomic E-state index is 6.39. The Balaban J connectivity index is 1.61. The maximum Gasteiger partial charge on any atom is 0.228 e. The summed E-state index contributed by atoms with van der Waals surface area (Å²) in [6, 6.07) is 30.5. The second-order valence-corrected chi connectivity index (χ2v) is 9.80. The summed E-state index contributed by atoms with van der Waals surface area (Å²) in [7, 11) is 0. The van der Waals surface area contributed by atoms with Crippen LogP contribution in [0.4, 0.5) is 0 Å². The Bertz CT molecular complexity index is 1210. The first-order valence-corrected chi connectivity index (χ1v) is 12.3. The Kier molecular flexibility index (Phi) is 7.12. The zero-order valence-corrected chi connectivity index (χ0v) is 21.2. The van der Waals surface area contributed by atoms with Gasteiger partial charge in [0.15, 0.2) is 0 Å². The van der Waals surface area contributed by atoms with Crippen molar-refractivity contribution in [1.82, 2.24) is 10.2 Å². The van der Waals surface area contributed by atoms with E-state index < -0.39 is 0 Å². The van der Waals surface area contributed by atoms with Gasteiger partial charge in [0.1, 0.15) is 0 Å². The molecule has 0 unspecified atom stereocenters. The zero-order valence-electron chi connectivity index (χ0n) is 18.2. The number of aromatic nitrogens is 2. The predicted octanol–water partition coefficient (Wildman–Crippen LogP) is 9.04. The van der Waals surface area contributed by atoms with Gasteiger partial charge in [0.2, 0.25) is 11.8 Å². The predicted molar refractivity (Wildman–Crippen MR) is 142 cm³/mol. The van der Waals surface area contributed by atoms with Crippen LogP contribution in [0, 0.1) is 0 Å². The summed E-state index contributed by atoms with van der Waals surface area (Å²) in [4.78, 5) is 0. The van der Waals surface area contributed by atoms with Crippen molar-refractivity contribution in [2.75, 3.05) is 0 Å². The fourth-order valence-electron chi connectivity index (χ4n) is 4.06. The van der Waals surface area contributed by atoms with Gasteiger partial charge in [0, 0.05) is 20.1 Å². The van der Waals surface area contributed by atoms with E-state index in [1.54, 1.807) is 0 Å². The van der Waals surface area contributed by atoms with Crippen molar-refractivity contribution in [3.05, 3.63) is 151 Å². The molecule has 3 nitrogen and oxygen atoms in total. The van der Waals surface area contributed by atoms with Crippen LogP contribution in [0.15, 0.2) is 101 Å². The highest BCUT2D eigenvalue weighted by molar-refractivity contribution is 6.31. The highest BCUT2D eigenvalue weighted by Gasteiger charge is 2.28. The van der Waals surface area contributed by atoms with Crippen LogP contribution in [0.2, 0.25) is 20.1 Å². The van der Waals surface area contributed by atoms with Crippen molar-refractivity contribution >= 4 is 46.4 Å². The zero-order chi connectivity index (χ0) is 24.4. The number of hydrogen-bond acceptors (Lipinski definition) is 3. The lowest BCUT2D eigenvalue weighted by molar-refractivity contribution is 0.440. The topological polar surface area (TPSA) is 38.9 Å². The van der Waals surface area contributed by atoms with Crippen LogP contribution < -0.4 is 0 Å². The smallest absolute Gasteiger partial charge is 0.228 e. The molecule has 0 fully saturated rings. The third-order valence-corrected chi connectivity index (χ3v) is 6.77. The lowest BCUT2D eigenvalue weighted by atomic mass is 9.90. The van der Waals surface area contributed by atoms with E-state index in [-0.39, 0.29) is 11.8 Å². The molecule has 0 amide bonds. The summed E-state index contributed by atoms with van der Waals surface area (Å²) in [5.74, 6) is 0.360. The van der Waals surface area contributed by atoms with Gasteiger partial charge < -0.3 is 4.42 Å². The minimum atomic E-state index is -0.290. The van der Waals surface area contributed by atoms with E-state index >= 15 is 0 Å². The first kappa shape index (κ1) is 23.9. The number of hydrogen-bond donors (Lipinski definition) is 0. The van der Waals surface area contributed by atoms with Crippen molar-refractivity contribution in [3.8, 4) is 0 Å². The van der Waals surface area contributed by atoms with E-state index in [1.807, 2.05) is 97.1 Å². The Morgan fingerprint density at radius 3 is 0.857 bits per heavy atom. The molecule has 0 spiro atoms. The van der Waals surface area contributed by atoms with E-state index in [4.69, 9.17) is 50.8 Å². The van der Waals surface area contributed by atoms with Gasteiger partial charge in [-0.1, -0.05) is 94.9 Å². The van der Waals surface area contributed by atoms with Gasteiger partial charge in [-0.25, -0.2) is 0 Å². The standard InChI is InChI=1S/C28H18Cl4N2O/c29-21-9-1-17(2-10-21)25(18-3-11-22(30)12-4-18)27-33-34-28(35-27)26(19-5-13-23(31)14-6-19)20-7-15-24(32)16-8-20/h1-16,25-26H. The molecule has 5 aromatic rings. The average Bonchev–Trinajstić information content (AvgIpc) is 3.33. The largest absolute Gasteiger partial charge is 0.423 e. The van der Waals surface area contributed by atoms with Gasteiger partial charge in [0.05, 0.1) is 11.8 Å². The minimum Gasteiger partial charge on any atom is -0.423 e. The third-order valence-electron chi connectivity index (χ3n) is 5.76. The number of nitrogens with zero attached hydrogens (tertiary/aromatic N) is 2. The minimum absolute atomic E-state index is 0.290. The van der Waals surface area contributed by atoms with Crippen LogP contribution in [-0.4, -0.2) is 10.2 Å². The lowest BCUT2D eigenvalue weighted by Crippen LogP contribution is -2.04. The van der Waals surface area contributed by atoms with Crippen molar-refractivity contribution in [1.29, 1.82) is 0 Å². The molecule has 1 aromatic heterocycles. The molecule has 0 saturated heterocycles. The molecule has 0 atom stereocenters.